The van der Waals surface area contributed by atoms with E-state index in [0.717, 1.165) is 32.4 Å². The van der Waals surface area contributed by atoms with E-state index in [-0.39, 0.29) is 5.92 Å². The molecule has 2 rings (SSSR count). The second kappa shape index (κ2) is 5.03. The predicted molar refractivity (Wildman–Crippen MR) is 66.1 cm³/mol. The van der Waals surface area contributed by atoms with Gasteiger partial charge in [-0.05, 0) is 38.0 Å². The summed E-state index contributed by atoms with van der Waals surface area (Å²) in [7, 11) is 0. The Kier molecular flexibility index (Phi) is 3.67. The van der Waals surface area contributed by atoms with Gasteiger partial charge in [0.15, 0.2) is 0 Å². The SMILES string of the molecule is CC(C)C1=CCC(C(=O)N2CCCC2)CC1. The molecule has 0 bridgehead atoms. The summed E-state index contributed by atoms with van der Waals surface area (Å²) < 4.78 is 0. The summed E-state index contributed by atoms with van der Waals surface area (Å²) in [4.78, 5) is 14.2. The molecule has 2 heteroatoms. The molecule has 1 unspecified atom stereocenters. The van der Waals surface area contributed by atoms with Crippen molar-refractivity contribution in [2.75, 3.05) is 13.1 Å². The van der Waals surface area contributed by atoms with E-state index in [1.807, 2.05) is 0 Å². The number of carbonyl (C=O) groups is 1. The molecule has 1 aliphatic carbocycles. The molecule has 1 heterocycles. The number of carbonyl (C=O) groups excluding carboxylic acids is 1. The van der Waals surface area contributed by atoms with Crippen LogP contribution in [0.5, 0.6) is 0 Å². The molecule has 1 fully saturated rings. The van der Waals surface area contributed by atoms with Crippen molar-refractivity contribution in [3.8, 4) is 0 Å². The van der Waals surface area contributed by atoms with Crippen LogP contribution < -0.4 is 0 Å². The van der Waals surface area contributed by atoms with E-state index in [2.05, 4.69) is 24.8 Å². The van der Waals surface area contributed by atoms with Crippen molar-refractivity contribution in [1.82, 2.24) is 4.90 Å². The Bertz CT molecular complexity index is 287. The molecule has 1 atom stereocenters. The Morgan fingerprint density at radius 3 is 2.56 bits per heavy atom. The number of hydrogen-bond donors (Lipinski definition) is 0. The highest BCUT2D eigenvalue weighted by Crippen LogP contribution is 2.29. The molecule has 0 saturated carbocycles. The van der Waals surface area contributed by atoms with Crippen LogP contribution >= 0.6 is 0 Å². The Balaban J connectivity index is 1.90. The largest absolute Gasteiger partial charge is 0.342 e. The summed E-state index contributed by atoms with van der Waals surface area (Å²) in [6.45, 7) is 6.48. The average molecular weight is 221 g/mol. The number of allylic oxidation sites excluding steroid dienone is 2. The zero-order valence-corrected chi connectivity index (χ0v) is 10.5. The summed E-state index contributed by atoms with van der Waals surface area (Å²) in [5.74, 6) is 1.35. The van der Waals surface area contributed by atoms with Crippen LogP contribution in [0.15, 0.2) is 11.6 Å². The molecule has 2 aliphatic rings. The van der Waals surface area contributed by atoms with Crippen molar-refractivity contribution in [1.29, 1.82) is 0 Å². The van der Waals surface area contributed by atoms with Gasteiger partial charge in [0.05, 0.1) is 0 Å². The second-order valence-electron chi connectivity index (χ2n) is 5.44. The van der Waals surface area contributed by atoms with E-state index in [9.17, 15) is 4.79 Å². The van der Waals surface area contributed by atoms with Crippen molar-refractivity contribution in [2.45, 2.75) is 46.0 Å². The minimum atomic E-state index is 0.278. The van der Waals surface area contributed by atoms with Crippen LogP contribution in [0.3, 0.4) is 0 Å². The highest BCUT2D eigenvalue weighted by molar-refractivity contribution is 5.79. The Morgan fingerprint density at radius 1 is 1.38 bits per heavy atom. The van der Waals surface area contributed by atoms with Crippen LogP contribution in [0.2, 0.25) is 0 Å². The molecule has 16 heavy (non-hydrogen) atoms. The molecule has 0 aromatic heterocycles. The Hall–Kier alpha value is -0.790. The van der Waals surface area contributed by atoms with E-state index in [1.54, 1.807) is 5.57 Å². The van der Waals surface area contributed by atoms with E-state index in [1.165, 1.54) is 12.8 Å². The van der Waals surface area contributed by atoms with Crippen molar-refractivity contribution in [3.63, 3.8) is 0 Å². The fourth-order valence-corrected chi connectivity index (χ4v) is 2.80. The van der Waals surface area contributed by atoms with Crippen LogP contribution in [0, 0.1) is 11.8 Å². The van der Waals surface area contributed by atoms with Crippen molar-refractivity contribution < 1.29 is 4.79 Å². The molecule has 0 aromatic carbocycles. The normalized spacial score (nSPS) is 26.1. The first-order chi connectivity index (χ1) is 7.68. The third kappa shape index (κ3) is 2.47. The average Bonchev–Trinajstić information content (AvgIpc) is 2.81. The number of hydrogen-bond acceptors (Lipinski definition) is 1. The molecule has 0 spiro atoms. The molecular weight excluding hydrogens is 198 g/mol. The second-order valence-corrected chi connectivity index (χ2v) is 5.44. The molecule has 0 N–H and O–H groups in total. The maximum absolute atomic E-state index is 12.2. The lowest BCUT2D eigenvalue weighted by Gasteiger charge is -2.27. The summed E-state index contributed by atoms with van der Waals surface area (Å²) in [5, 5.41) is 0. The number of likely N-dealkylation sites (tertiary alicyclic amines) is 1. The highest BCUT2D eigenvalue weighted by atomic mass is 16.2. The molecular formula is C14H23NO. The number of amides is 1. The first-order valence-electron chi connectivity index (χ1n) is 6.66. The first kappa shape index (κ1) is 11.7. The zero-order valence-electron chi connectivity index (χ0n) is 10.5. The lowest BCUT2D eigenvalue weighted by atomic mass is 9.84. The summed E-state index contributed by atoms with van der Waals surface area (Å²) in [6.07, 6.45) is 7.88. The third-order valence-corrected chi connectivity index (χ3v) is 3.95. The maximum atomic E-state index is 12.2. The fraction of sp³-hybridized carbons (Fsp3) is 0.786. The fourth-order valence-electron chi connectivity index (χ4n) is 2.80. The van der Waals surface area contributed by atoms with Gasteiger partial charge in [-0.2, -0.15) is 0 Å². The molecule has 1 aliphatic heterocycles. The number of nitrogens with zero attached hydrogens (tertiary/aromatic N) is 1. The monoisotopic (exact) mass is 221 g/mol. The lowest BCUT2D eigenvalue weighted by Crippen LogP contribution is -2.34. The van der Waals surface area contributed by atoms with Gasteiger partial charge in [0, 0.05) is 19.0 Å². The lowest BCUT2D eigenvalue weighted by molar-refractivity contribution is -0.134. The third-order valence-electron chi connectivity index (χ3n) is 3.95. The summed E-state index contributed by atoms with van der Waals surface area (Å²) in [5.41, 5.74) is 1.55. The van der Waals surface area contributed by atoms with E-state index >= 15 is 0 Å². The first-order valence-corrected chi connectivity index (χ1v) is 6.66. The topological polar surface area (TPSA) is 20.3 Å². The van der Waals surface area contributed by atoms with Gasteiger partial charge in [-0.1, -0.05) is 25.5 Å². The predicted octanol–water partition coefficient (Wildman–Crippen LogP) is 2.99. The van der Waals surface area contributed by atoms with Crippen LogP contribution in [0.25, 0.3) is 0 Å². The van der Waals surface area contributed by atoms with Gasteiger partial charge in [0.25, 0.3) is 0 Å². The Labute approximate surface area is 98.7 Å². The van der Waals surface area contributed by atoms with Crippen LogP contribution in [0.1, 0.15) is 46.0 Å². The van der Waals surface area contributed by atoms with Gasteiger partial charge in [-0.3, -0.25) is 4.79 Å². The van der Waals surface area contributed by atoms with Crippen LogP contribution in [0.4, 0.5) is 0 Å². The van der Waals surface area contributed by atoms with Gasteiger partial charge in [-0.25, -0.2) is 0 Å². The molecule has 0 aromatic rings. The van der Waals surface area contributed by atoms with Crippen LogP contribution in [-0.2, 0) is 4.79 Å². The van der Waals surface area contributed by atoms with Gasteiger partial charge in [0.2, 0.25) is 5.91 Å². The van der Waals surface area contributed by atoms with Gasteiger partial charge < -0.3 is 4.90 Å². The highest BCUT2D eigenvalue weighted by Gasteiger charge is 2.27. The quantitative estimate of drug-likeness (QED) is 0.656. The van der Waals surface area contributed by atoms with E-state index in [0.29, 0.717) is 11.8 Å². The van der Waals surface area contributed by atoms with Crippen LogP contribution in [-0.4, -0.2) is 23.9 Å². The van der Waals surface area contributed by atoms with Crippen molar-refractivity contribution >= 4 is 5.91 Å². The zero-order chi connectivity index (χ0) is 11.5. The molecule has 0 radical (unpaired) electrons. The molecule has 2 nitrogen and oxygen atoms in total. The molecule has 90 valence electrons. The van der Waals surface area contributed by atoms with E-state index < -0.39 is 0 Å². The van der Waals surface area contributed by atoms with Gasteiger partial charge in [0.1, 0.15) is 0 Å². The van der Waals surface area contributed by atoms with Crippen molar-refractivity contribution in [3.05, 3.63) is 11.6 Å². The van der Waals surface area contributed by atoms with Gasteiger partial charge in [-0.15, -0.1) is 0 Å². The minimum absolute atomic E-state index is 0.278. The summed E-state index contributed by atoms with van der Waals surface area (Å²) in [6, 6.07) is 0. The Morgan fingerprint density at radius 2 is 2.06 bits per heavy atom. The maximum Gasteiger partial charge on any atom is 0.226 e. The minimum Gasteiger partial charge on any atom is -0.342 e. The number of rotatable bonds is 2. The van der Waals surface area contributed by atoms with Crippen molar-refractivity contribution in [2.24, 2.45) is 11.8 Å². The smallest absolute Gasteiger partial charge is 0.226 e. The molecule has 1 saturated heterocycles. The van der Waals surface area contributed by atoms with Gasteiger partial charge >= 0.3 is 0 Å². The summed E-state index contributed by atoms with van der Waals surface area (Å²) >= 11 is 0. The van der Waals surface area contributed by atoms with E-state index in [4.69, 9.17) is 0 Å². The standard InChI is InChI=1S/C14H23NO/c1-11(2)12-5-7-13(8-6-12)14(16)15-9-3-4-10-15/h5,11,13H,3-4,6-10H2,1-2H3. The molecule has 1 amide bonds.